The average molecular weight is 416 g/mol. The van der Waals surface area contributed by atoms with Gasteiger partial charge in [-0.1, -0.05) is 6.07 Å². The Morgan fingerprint density at radius 1 is 1.22 bits per heavy atom. The van der Waals surface area contributed by atoms with Crippen molar-refractivity contribution in [2.24, 2.45) is 11.7 Å². The third kappa shape index (κ3) is 5.22. The summed E-state index contributed by atoms with van der Waals surface area (Å²) in [6, 6.07) is 5.51. The minimum Gasteiger partial charge on any atom is -0.354 e. The summed E-state index contributed by atoms with van der Waals surface area (Å²) in [5.41, 5.74) is 7.87. The molecule has 1 aromatic carbocycles. The first-order valence-electron chi connectivity index (χ1n) is 9.35. The van der Waals surface area contributed by atoms with Crippen molar-refractivity contribution in [1.29, 1.82) is 0 Å². The number of sulfonamides is 1. The predicted octanol–water partition coefficient (Wildman–Crippen LogP) is 1.85. The number of benzene rings is 1. The second kappa shape index (κ2) is 8.47. The van der Waals surface area contributed by atoms with Crippen molar-refractivity contribution in [1.82, 2.24) is 9.62 Å². The van der Waals surface area contributed by atoms with Gasteiger partial charge >= 0.3 is 0 Å². The van der Waals surface area contributed by atoms with E-state index in [1.54, 1.807) is 6.07 Å². The van der Waals surface area contributed by atoms with Crippen LogP contribution in [0.3, 0.4) is 0 Å². The smallest absolute Gasteiger partial charge is 0.243 e. The monoisotopic (exact) mass is 415 g/mol. The molecule has 0 bridgehead atoms. The molecule has 1 fully saturated rings. The Hall–Kier alpha value is -1.15. The molecule has 8 heteroatoms. The summed E-state index contributed by atoms with van der Waals surface area (Å²) in [6.45, 7) is 4.89. The normalized spacial score (nSPS) is 18.6. The number of halogens is 1. The molecule has 152 valence electrons. The van der Waals surface area contributed by atoms with Gasteiger partial charge in [0.15, 0.2) is 0 Å². The number of hydrogen-bond donors (Lipinski definition) is 2. The molecule has 0 saturated carbocycles. The van der Waals surface area contributed by atoms with Gasteiger partial charge in [0.25, 0.3) is 0 Å². The van der Waals surface area contributed by atoms with E-state index < -0.39 is 15.6 Å². The van der Waals surface area contributed by atoms with Gasteiger partial charge in [-0.2, -0.15) is 4.31 Å². The van der Waals surface area contributed by atoms with E-state index in [4.69, 9.17) is 5.73 Å². The fourth-order valence-electron chi connectivity index (χ4n) is 3.68. The van der Waals surface area contributed by atoms with E-state index >= 15 is 0 Å². The number of nitrogens with zero attached hydrogens (tertiary/aromatic N) is 1. The van der Waals surface area contributed by atoms with Gasteiger partial charge in [0.1, 0.15) is 0 Å². The standard InChI is InChI=1S/C19H29N3O3S.ClH/c1-19(2,20)13-21-18(23)15-8-10-22(11-9-15)26(24,25)17-7-6-14-4-3-5-16(14)12-17;/h6-7,12,15H,3-5,8-11,13,20H2,1-2H3,(H,21,23);1H. The van der Waals surface area contributed by atoms with Gasteiger partial charge < -0.3 is 11.1 Å². The second-order valence-corrected chi connectivity index (χ2v) is 10.1. The second-order valence-electron chi connectivity index (χ2n) is 8.17. The minimum atomic E-state index is -3.49. The van der Waals surface area contributed by atoms with Crippen molar-refractivity contribution in [2.75, 3.05) is 19.6 Å². The highest BCUT2D eigenvalue weighted by Gasteiger charge is 2.32. The Morgan fingerprint density at radius 3 is 2.48 bits per heavy atom. The zero-order chi connectivity index (χ0) is 18.9. The SMILES string of the molecule is CC(C)(N)CNC(=O)C1CCN(S(=O)(=O)c2ccc3c(c2)CCC3)CC1.Cl. The van der Waals surface area contributed by atoms with E-state index in [0.717, 1.165) is 24.8 Å². The number of piperidine rings is 1. The van der Waals surface area contributed by atoms with Gasteiger partial charge in [0.2, 0.25) is 15.9 Å². The van der Waals surface area contributed by atoms with Gasteiger partial charge in [-0.3, -0.25) is 4.79 Å². The summed E-state index contributed by atoms with van der Waals surface area (Å²) in [5, 5.41) is 2.87. The Kier molecular flexibility index (Phi) is 6.95. The first kappa shape index (κ1) is 22.1. The molecule has 3 N–H and O–H groups in total. The Labute approximate surface area is 168 Å². The van der Waals surface area contributed by atoms with E-state index in [1.807, 2.05) is 26.0 Å². The summed E-state index contributed by atoms with van der Waals surface area (Å²) in [6.07, 6.45) is 4.18. The molecule has 1 aliphatic carbocycles. The molecule has 0 radical (unpaired) electrons. The van der Waals surface area contributed by atoms with Crippen LogP contribution in [-0.4, -0.2) is 43.8 Å². The highest BCUT2D eigenvalue weighted by molar-refractivity contribution is 7.89. The molecule has 1 aromatic rings. The molecule has 0 unspecified atom stereocenters. The van der Waals surface area contributed by atoms with Crippen molar-refractivity contribution in [3.63, 3.8) is 0 Å². The number of nitrogens with two attached hydrogens (primary N) is 1. The maximum atomic E-state index is 12.9. The van der Waals surface area contributed by atoms with Crippen LogP contribution in [0.2, 0.25) is 0 Å². The molecule has 0 aromatic heterocycles. The van der Waals surface area contributed by atoms with Gasteiger partial charge in [-0.05, 0) is 69.2 Å². The largest absolute Gasteiger partial charge is 0.354 e. The molecule has 1 amide bonds. The average Bonchev–Trinajstić information content (AvgIpc) is 3.07. The fourth-order valence-corrected chi connectivity index (χ4v) is 5.20. The van der Waals surface area contributed by atoms with Gasteiger partial charge in [-0.25, -0.2) is 8.42 Å². The van der Waals surface area contributed by atoms with Crippen molar-refractivity contribution >= 4 is 28.3 Å². The molecule has 2 aliphatic rings. The Morgan fingerprint density at radius 2 is 1.85 bits per heavy atom. The number of aryl methyl sites for hydroxylation is 2. The summed E-state index contributed by atoms with van der Waals surface area (Å²) in [5.74, 6) is -0.179. The maximum Gasteiger partial charge on any atom is 0.243 e. The van der Waals surface area contributed by atoms with E-state index in [-0.39, 0.29) is 24.2 Å². The molecule has 27 heavy (non-hydrogen) atoms. The molecule has 1 heterocycles. The molecule has 1 saturated heterocycles. The number of hydrogen-bond acceptors (Lipinski definition) is 4. The van der Waals surface area contributed by atoms with E-state index in [9.17, 15) is 13.2 Å². The van der Waals surface area contributed by atoms with Crippen LogP contribution in [0.15, 0.2) is 23.1 Å². The number of carbonyl (C=O) groups excluding carboxylic acids is 1. The Bertz CT molecular complexity index is 782. The van der Waals surface area contributed by atoms with Crippen LogP contribution in [0.1, 0.15) is 44.2 Å². The first-order valence-corrected chi connectivity index (χ1v) is 10.8. The molecular formula is C19H30ClN3O3S. The lowest BCUT2D eigenvalue weighted by atomic mass is 9.96. The molecular weight excluding hydrogens is 386 g/mol. The lowest BCUT2D eigenvalue weighted by Crippen LogP contribution is -2.48. The molecule has 1 aliphatic heterocycles. The topological polar surface area (TPSA) is 92.5 Å². The lowest BCUT2D eigenvalue weighted by Gasteiger charge is -2.31. The van der Waals surface area contributed by atoms with Crippen LogP contribution in [-0.2, 0) is 27.7 Å². The number of amides is 1. The van der Waals surface area contributed by atoms with Crippen LogP contribution >= 0.6 is 12.4 Å². The minimum absolute atomic E-state index is 0. The Balaban J connectivity index is 0.00000261. The summed E-state index contributed by atoms with van der Waals surface area (Å²) >= 11 is 0. The molecule has 0 spiro atoms. The summed E-state index contributed by atoms with van der Waals surface area (Å²) in [7, 11) is -3.49. The van der Waals surface area contributed by atoms with Crippen LogP contribution in [0.5, 0.6) is 0 Å². The summed E-state index contributed by atoms with van der Waals surface area (Å²) < 4.78 is 27.4. The molecule has 6 nitrogen and oxygen atoms in total. The van der Waals surface area contributed by atoms with Crippen LogP contribution in [0.25, 0.3) is 0 Å². The summed E-state index contributed by atoms with van der Waals surface area (Å²) in [4.78, 5) is 12.6. The van der Waals surface area contributed by atoms with E-state index in [0.29, 0.717) is 37.4 Å². The number of nitrogens with one attached hydrogen (secondary N) is 1. The van der Waals surface area contributed by atoms with Crippen molar-refractivity contribution < 1.29 is 13.2 Å². The first-order chi connectivity index (χ1) is 12.2. The lowest BCUT2D eigenvalue weighted by molar-refractivity contribution is -0.126. The highest BCUT2D eigenvalue weighted by Crippen LogP contribution is 2.28. The predicted molar refractivity (Wildman–Crippen MR) is 108 cm³/mol. The van der Waals surface area contributed by atoms with Gasteiger partial charge in [0.05, 0.1) is 4.90 Å². The third-order valence-corrected chi connectivity index (χ3v) is 7.15. The van der Waals surface area contributed by atoms with Crippen molar-refractivity contribution in [3.8, 4) is 0 Å². The fraction of sp³-hybridized carbons (Fsp3) is 0.632. The number of carbonyl (C=O) groups is 1. The van der Waals surface area contributed by atoms with Crippen LogP contribution in [0.4, 0.5) is 0 Å². The molecule has 3 rings (SSSR count). The highest BCUT2D eigenvalue weighted by atomic mass is 35.5. The zero-order valence-electron chi connectivity index (χ0n) is 16.0. The zero-order valence-corrected chi connectivity index (χ0v) is 17.7. The van der Waals surface area contributed by atoms with Gasteiger partial charge in [-0.15, -0.1) is 12.4 Å². The maximum absolute atomic E-state index is 12.9. The number of fused-ring (bicyclic) bond motifs is 1. The van der Waals surface area contributed by atoms with E-state index in [2.05, 4.69) is 5.32 Å². The quantitative estimate of drug-likeness (QED) is 0.767. The van der Waals surface area contributed by atoms with Gasteiger partial charge in [0, 0.05) is 31.1 Å². The van der Waals surface area contributed by atoms with Crippen LogP contribution in [0, 0.1) is 5.92 Å². The molecule has 0 atom stereocenters. The van der Waals surface area contributed by atoms with E-state index in [1.165, 1.54) is 9.87 Å². The van der Waals surface area contributed by atoms with Crippen LogP contribution < -0.4 is 11.1 Å². The third-order valence-electron chi connectivity index (χ3n) is 5.25. The van der Waals surface area contributed by atoms with Crippen molar-refractivity contribution in [3.05, 3.63) is 29.3 Å². The number of rotatable bonds is 5. The van der Waals surface area contributed by atoms with Crippen molar-refractivity contribution in [2.45, 2.75) is 56.4 Å².